The maximum absolute atomic E-state index is 12.6. The van der Waals surface area contributed by atoms with E-state index in [0.717, 1.165) is 15.7 Å². The molecule has 0 amide bonds. The molecule has 19 heavy (non-hydrogen) atoms. The van der Waals surface area contributed by atoms with Crippen LogP contribution in [0, 0.1) is 5.92 Å². The molecule has 2 nitrogen and oxygen atoms in total. The highest BCUT2D eigenvalue weighted by Gasteiger charge is 2.41. The molecule has 0 aliphatic carbocycles. The molecule has 0 saturated carbocycles. The van der Waals surface area contributed by atoms with Crippen LogP contribution in [-0.2, 0) is 6.61 Å². The number of nitrogens with zero attached hydrogens (tertiary/aromatic N) is 1. The van der Waals surface area contributed by atoms with Crippen LogP contribution in [0.1, 0.15) is 18.4 Å². The smallest absolute Gasteiger partial charge is 0.391 e. The number of aliphatic hydroxyl groups excluding tert-OH is 1. The number of benzene rings is 1. The van der Waals surface area contributed by atoms with Crippen molar-refractivity contribution in [1.82, 2.24) is 0 Å². The van der Waals surface area contributed by atoms with Crippen LogP contribution >= 0.6 is 15.9 Å². The third kappa shape index (κ3) is 3.42. The van der Waals surface area contributed by atoms with E-state index in [1.54, 1.807) is 6.07 Å². The predicted octanol–water partition coefficient (Wildman–Crippen LogP) is 3.72. The van der Waals surface area contributed by atoms with Crippen molar-refractivity contribution in [1.29, 1.82) is 0 Å². The molecule has 1 N–H and O–H groups in total. The van der Waals surface area contributed by atoms with Gasteiger partial charge in [0.1, 0.15) is 0 Å². The van der Waals surface area contributed by atoms with Crippen LogP contribution in [0.25, 0.3) is 0 Å². The van der Waals surface area contributed by atoms with E-state index < -0.39 is 12.1 Å². The minimum absolute atomic E-state index is 0.109. The van der Waals surface area contributed by atoms with Crippen LogP contribution in [0.4, 0.5) is 18.9 Å². The van der Waals surface area contributed by atoms with E-state index in [2.05, 4.69) is 15.9 Å². The summed E-state index contributed by atoms with van der Waals surface area (Å²) in [4.78, 5) is 1.92. The van der Waals surface area contributed by atoms with Gasteiger partial charge in [-0.05, 0) is 25.0 Å². The fourth-order valence-electron chi connectivity index (χ4n) is 2.41. The maximum atomic E-state index is 12.6. The summed E-state index contributed by atoms with van der Waals surface area (Å²) in [5, 5.41) is 9.30. The molecule has 0 aromatic heterocycles. The molecule has 2 rings (SSSR count). The fraction of sp³-hybridized carbons (Fsp3) is 0.538. The van der Waals surface area contributed by atoms with Gasteiger partial charge in [0.25, 0.3) is 0 Å². The van der Waals surface area contributed by atoms with E-state index in [1.807, 2.05) is 17.0 Å². The molecule has 106 valence electrons. The second-order valence-electron chi connectivity index (χ2n) is 4.73. The lowest BCUT2D eigenvalue weighted by molar-refractivity contribution is -0.179. The van der Waals surface area contributed by atoms with Gasteiger partial charge in [0.05, 0.1) is 12.5 Å². The molecule has 1 aliphatic heterocycles. The van der Waals surface area contributed by atoms with Crippen LogP contribution in [-0.4, -0.2) is 24.4 Å². The van der Waals surface area contributed by atoms with Gasteiger partial charge in [-0.3, -0.25) is 0 Å². The number of hydrogen-bond donors (Lipinski definition) is 1. The first kappa shape index (κ1) is 14.7. The van der Waals surface area contributed by atoms with Crippen molar-refractivity contribution in [2.45, 2.75) is 25.6 Å². The molecule has 0 atom stereocenters. The fourth-order valence-corrected chi connectivity index (χ4v) is 2.76. The van der Waals surface area contributed by atoms with Gasteiger partial charge in [0.2, 0.25) is 0 Å². The SMILES string of the molecule is OCc1ccc(Br)cc1N1CCC(C(F)(F)F)CC1. The minimum atomic E-state index is -4.09. The molecule has 1 aromatic carbocycles. The Hall–Kier alpha value is -0.750. The second-order valence-corrected chi connectivity index (χ2v) is 5.65. The highest BCUT2D eigenvalue weighted by Crippen LogP contribution is 2.36. The second kappa shape index (κ2) is 5.71. The molecule has 1 fully saturated rings. The van der Waals surface area contributed by atoms with Crippen molar-refractivity contribution in [3.8, 4) is 0 Å². The number of rotatable bonds is 2. The summed E-state index contributed by atoms with van der Waals surface area (Å²) in [5.41, 5.74) is 1.56. The van der Waals surface area contributed by atoms with Crippen LogP contribution in [0.3, 0.4) is 0 Å². The number of aliphatic hydroxyl groups is 1. The van der Waals surface area contributed by atoms with E-state index in [-0.39, 0.29) is 19.4 Å². The summed E-state index contributed by atoms with van der Waals surface area (Å²) >= 11 is 3.35. The van der Waals surface area contributed by atoms with Crippen molar-refractivity contribution in [3.63, 3.8) is 0 Å². The van der Waals surface area contributed by atoms with Crippen LogP contribution in [0.2, 0.25) is 0 Å². The molecule has 6 heteroatoms. The van der Waals surface area contributed by atoms with Gasteiger partial charge in [-0.1, -0.05) is 22.0 Å². The molecule has 1 saturated heterocycles. The first-order valence-corrected chi connectivity index (χ1v) is 6.92. The first-order chi connectivity index (χ1) is 8.91. The van der Waals surface area contributed by atoms with Gasteiger partial charge in [-0.25, -0.2) is 0 Å². The van der Waals surface area contributed by atoms with Crippen molar-refractivity contribution < 1.29 is 18.3 Å². The van der Waals surface area contributed by atoms with E-state index in [1.165, 1.54) is 0 Å². The molecular formula is C13H15BrF3NO. The van der Waals surface area contributed by atoms with Gasteiger partial charge in [-0.15, -0.1) is 0 Å². The first-order valence-electron chi connectivity index (χ1n) is 6.12. The number of hydrogen-bond acceptors (Lipinski definition) is 2. The van der Waals surface area contributed by atoms with E-state index in [4.69, 9.17) is 0 Å². The topological polar surface area (TPSA) is 23.5 Å². The highest BCUT2D eigenvalue weighted by atomic mass is 79.9. The van der Waals surface area contributed by atoms with E-state index >= 15 is 0 Å². The zero-order chi connectivity index (χ0) is 14.0. The number of anilines is 1. The summed E-state index contributed by atoms with van der Waals surface area (Å²) in [7, 11) is 0. The summed E-state index contributed by atoms with van der Waals surface area (Å²) < 4.78 is 38.7. The molecule has 0 spiro atoms. The van der Waals surface area contributed by atoms with Gasteiger partial charge in [0, 0.05) is 28.8 Å². The van der Waals surface area contributed by atoms with Crippen molar-refractivity contribution >= 4 is 21.6 Å². The summed E-state index contributed by atoms with van der Waals surface area (Å²) in [5.74, 6) is -1.20. The maximum Gasteiger partial charge on any atom is 0.391 e. The van der Waals surface area contributed by atoms with Crippen LogP contribution in [0.15, 0.2) is 22.7 Å². The van der Waals surface area contributed by atoms with Crippen molar-refractivity contribution in [2.75, 3.05) is 18.0 Å². The van der Waals surface area contributed by atoms with E-state index in [0.29, 0.717) is 13.1 Å². The van der Waals surface area contributed by atoms with Crippen LogP contribution in [0.5, 0.6) is 0 Å². The van der Waals surface area contributed by atoms with Gasteiger partial charge >= 0.3 is 6.18 Å². The molecule has 0 bridgehead atoms. The predicted molar refractivity (Wildman–Crippen MR) is 71.1 cm³/mol. The lowest BCUT2D eigenvalue weighted by Gasteiger charge is -2.35. The number of halogens is 4. The van der Waals surface area contributed by atoms with Gasteiger partial charge in [0.15, 0.2) is 0 Å². The number of piperidine rings is 1. The molecule has 1 aliphatic rings. The molecule has 0 unspecified atom stereocenters. The zero-order valence-corrected chi connectivity index (χ0v) is 11.8. The van der Waals surface area contributed by atoms with Crippen molar-refractivity contribution in [2.24, 2.45) is 5.92 Å². The van der Waals surface area contributed by atoms with Crippen LogP contribution < -0.4 is 4.90 Å². The highest BCUT2D eigenvalue weighted by molar-refractivity contribution is 9.10. The molecular weight excluding hydrogens is 323 g/mol. The summed E-state index contributed by atoms with van der Waals surface area (Å²) in [6.45, 7) is 0.628. The lowest BCUT2D eigenvalue weighted by atomic mass is 9.95. The normalized spacial score (nSPS) is 17.8. The minimum Gasteiger partial charge on any atom is -0.392 e. The Balaban J connectivity index is 2.11. The molecule has 0 radical (unpaired) electrons. The third-order valence-electron chi connectivity index (χ3n) is 3.52. The average molecular weight is 338 g/mol. The summed E-state index contributed by atoms with van der Waals surface area (Å²) in [6.07, 6.45) is -3.87. The Morgan fingerprint density at radius 3 is 2.42 bits per heavy atom. The largest absolute Gasteiger partial charge is 0.392 e. The monoisotopic (exact) mass is 337 g/mol. The standard InChI is InChI=1S/C13H15BrF3NO/c14-11-2-1-9(8-19)12(7-11)18-5-3-10(4-6-18)13(15,16)17/h1-2,7,10,19H,3-6,8H2. The zero-order valence-electron chi connectivity index (χ0n) is 10.3. The lowest BCUT2D eigenvalue weighted by Crippen LogP contribution is -2.39. The molecule has 1 heterocycles. The Morgan fingerprint density at radius 1 is 1.26 bits per heavy atom. The third-order valence-corrected chi connectivity index (χ3v) is 4.01. The summed E-state index contributed by atoms with van der Waals surface area (Å²) in [6, 6.07) is 5.45. The Morgan fingerprint density at radius 2 is 1.89 bits per heavy atom. The van der Waals surface area contributed by atoms with E-state index in [9.17, 15) is 18.3 Å². The Kier molecular flexibility index (Phi) is 4.40. The Labute approximate surface area is 118 Å². The molecule has 1 aromatic rings. The average Bonchev–Trinajstić information content (AvgIpc) is 2.38. The van der Waals surface area contributed by atoms with Crippen molar-refractivity contribution in [3.05, 3.63) is 28.2 Å². The Bertz CT molecular complexity index is 442. The number of alkyl halides is 3. The van der Waals surface area contributed by atoms with Gasteiger partial charge < -0.3 is 10.0 Å². The quantitative estimate of drug-likeness (QED) is 0.889. The van der Waals surface area contributed by atoms with Gasteiger partial charge in [-0.2, -0.15) is 13.2 Å².